The van der Waals surface area contributed by atoms with E-state index in [9.17, 15) is 18.0 Å². The van der Waals surface area contributed by atoms with Gasteiger partial charge in [0.2, 0.25) is 5.91 Å². The summed E-state index contributed by atoms with van der Waals surface area (Å²) in [7, 11) is 0. The van der Waals surface area contributed by atoms with Crippen molar-refractivity contribution < 1.29 is 32.0 Å². The first-order valence-electron chi connectivity index (χ1n) is 9.09. The third kappa shape index (κ3) is 4.60. The number of morpholine rings is 1. The van der Waals surface area contributed by atoms with E-state index < -0.39 is 23.6 Å². The molecule has 2 atom stereocenters. The van der Waals surface area contributed by atoms with Crippen LogP contribution in [0.5, 0.6) is 0 Å². The molecule has 4 heterocycles. The molecule has 0 radical (unpaired) electrons. The number of nitrogens with zero attached hydrogens (tertiary/aromatic N) is 3. The second-order valence-electron chi connectivity index (χ2n) is 7.20. The molecule has 9 nitrogen and oxygen atoms in total. The highest BCUT2D eigenvalue weighted by Crippen LogP contribution is 2.32. The number of aromatic amines is 1. The summed E-state index contributed by atoms with van der Waals surface area (Å²) in [6.45, 7) is 2.06. The average molecular weight is 415 g/mol. The number of carbonyl (C=O) groups is 1. The molecule has 158 valence electrons. The van der Waals surface area contributed by atoms with Crippen LogP contribution in [-0.4, -0.2) is 63.9 Å². The SMILES string of the molecule is O=C(NCc1ccon1)[C@H]1C[C@@]2(CO1)CN(Cc1ncc(C(F)(F)F)[nH]1)CCO2. The minimum Gasteiger partial charge on any atom is -0.370 e. The van der Waals surface area contributed by atoms with Gasteiger partial charge in [-0.1, -0.05) is 5.16 Å². The molecule has 1 amide bonds. The van der Waals surface area contributed by atoms with E-state index in [1.165, 1.54) is 6.26 Å². The maximum absolute atomic E-state index is 12.7. The van der Waals surface area contributed by atoms with Gasteiger partial charge in [0, 0.05) is 25.6 Å². The standard InChI is InChI=1S/C17H20F3N5O4/c18-17(19,20)13-7-21-14(23-13)8-25-2-4-28-16(9-25)5-12(27-10-16)15(26)22-6-11-1-3-29-24-11/h1,3,7,12H,2,4-6,8-10H2,(H,21,23)(H,22,26)/t12-,16+/m1/s1. The Morgan fingerprint density at radius 1 is 1.45 bits per heavy atom. The first-order chi connectivity index (χ1) is 13.8. The number of H-pyrrole nitrogens is 1. The van der Waals surface area contributed by atoms with E-state index in [1.807, 2.05) is 4.90 Å². The van der Waals surface area contributed by atoms with Gasteiger partial charge < -0.3 is 24.3 Å². The molecule has 0 saturated carbocycles. The molecule has 1 spiro atoms. The van der Waals surface area contributed by atoms with Crippen LogP contribution in [0.15, 0.2) is 23.0 Å². The maximum atomic E-state index is 12.7. The number of halogens is 3. The second kappa shape index (κ2) is 7.76. The largest absolute Gasteiger partial charge is 0.432 e. The molecule has 0 bridgehead atoms. The fraction of sp³-hybridized carbons (Fsp3) is 0.588. The Bertz CT molecular complexity index is 840. The Morgan fingerprint density at radius 3 is 3.03 bits per heavy atom. The molecule has 29 heavy (non-hydrogen) atoms. The van der Waals surface area contributed by atoms with Gasteiger partial charge in [0.05, 0.1) is 32.5 Å². The number of carbonyl (C=O) groups excluding carboxylic acids is 1. The van der Waals surface area contributed by atoms with Gasteiger partial charge in [-0.15, -0.1) is 0 Å². The van der Waals surface area contributed by atoms with Crippen molar-refractivity contribution in [3.8, 4) is 0 Å². The van der Waals surface area contributed by atoms with Crippen LogP contribution in [0, 0.1) is 0 Å². The van der Waals surface area contributed by atoms with Gasteiger partial charge in [-0.3, -0.25) is 9.69 Å². The number of hydrogen-bond acceptors (Lipinski definition) is 7. The monoisotopic (exact) mass is 415 g/mol. The van der Waals surface area contributed by atoms with Gasteiger partial charge in [0.25, 0.3) is 0 Å². The van der Waals surface area contributed by atoms with Crippen molar-refractivity contribution in [1.29, 1.82) is 0 Å². The number of amides is 1. The van der Waals surface area contributed by atoms with Crippen molar-refractivity contribution in [2.75, 3.05) is 26.3 Å². The van der Waals surface area contributed by atoms with Gasteiger partial charge in [0.15, 0.2) is 0 Å². The number of alkyl halides is 3. The summed E-state index contributed by atoms with van der Waals surface area (Å²) in [4.78, 5) is 20.4. The molecule has 2 aliphatic heterocycles. The Morgan fingerprint density at radius 2 is 2.31 bits per heavy atom. The molecule has 12 heteroatoms. The number of imidazole rings is 1. The lowest BCUT2D eigenvalue weighted by atomic mass is 9.97. The third-order valence-corrected chi connectivity index (χ3v) is 4.97. The lowest BCUT2D eigenvalue weighted by Gasteiger charge is -2.39. The minimum atomic E-state index is -4.46. The first-order valence-corrected chi connectivity index (χ1v) is 9.09. The van der Waals surface area contributed by atoms with E-state index in [0.717, 1.165) is 6.20 Å². The molecule has 0 unspecified atom stereocenters. The molecule has 4 rings (SSSR count). The quantitative estimate of drug-likeness (QED) is 0.753. The Kier molecular flexibility index (Phi) is 5.32. The molecular weight excluding hydrogens is 395 g/mol. The highest BCUT2D eigenvalue weighted by Gasteiger charge is 2.47. The smallest absolute Gasteiger partial charge is 0.370 e. The normalized spacial score (nSPS) is 25.6. The summed E-state index contributed by atoms with van der Waals surface area (Å²) < 4.78 is 54.4. The van der Waals surface area contributed by atoms with Crippen LogP contribution >= 0.6 is 0 Å². The van der Waals surface area contributed by atoms with Gasteiger partial charge in [-0.25, -0.2) is 4.98 Å². The summed E-state index contributed by atoms with van der Waals surface area (Å²) in [5.74, 6) is -0.0401. The van der Waals surface area contributed by atoms with Crippen LogP contribution in [0.3, 0.4) is 0 Å². The number of rotatable bonds is 5. The topological polar surface area (TPSA) is 106 Å². The Hall–Kier alpha value is -2.44. The summed E-state index contributed by atoms with van der Waals surface area (Å²) in [6.07, 6.45) is -2.55. The van der Waals surface area contributed by atoms with E-state index in [-0.39, 0.29) is 31.4 Å². The van der Waals surface area contributed by atoms with E-state index in [0.29, 0.717) is 31.8 Å². The van der Waals surface area contributed by atoms with Crippen molar-refractivity contribution >= 4 is 5.91 Å². The van der Waals surface area contributed by atoms with Crippen molar-refractivity contribution in [2.24, 2.45) is 0 Å². The molecule has 2 N–H and O–H groups in total. The van der Waals surface area contributed by atoms with Crippen molar-refractivity contribution in [3.05, 3.63) is 35.7 Å². The van der Waals surface area contributed by atoms with Gasteiger partial charge in [0.1, 0.15) is 35.2 Å². The fourth-order valence-electron chi connectivity index (χ4n) is 3.56. The van der Waals surface area contributed by atoms with Crippen LogP contribution < -0.4 is 5.32 Å². The molecule has 2 fully saturated rings. The molecule has 2 aliphatic rings. The average Bonchev–Trinajstić information content (AvgIpc) is 3.41. The van der Waals surface area contributed by atoms with E-state index in [4.69, 9.17) is 14.0 Å². The predicted molar refractivity (Wildman–Crippen MR) is 90.3 cm³/mol. The first kappa shape index (κ1) is 19.9. The number of ether oxygens (including phenoxy) is 2. The minimum absolute atomic E-state index is 0.226. The van der Waals surface area contributed by atoms with Crippen LogP contribution in [0.1, 0.15) is 23.6 Å². The Labute approximate surface area is 163 Å². The lowest BCUT2D eigenvalue weighted by Crippen LogP contribution is -2.52. The summed E-state index contributed by atoms with van der Waals surface area (Å²) >= 11 is 0. The Balaban J connectivity index is 1.32. The van der Waals surface area contributed by atoms with Crippen LogP contribution in [-0.2, 0) is 33.5 Å². The van der Waals surface area contributed by atoms with E-state index >= 15 is 0 Å². The molecule has 2 aromatic rings. The van der Waals surface area contributed by atoms with Crippen molar-refractivity contribution in [1.82, 2.24) is 25.3 Å². The molecular formula is C17H20F3N5O4. The highest BCUT2D eigenvalue weighted by molar-refractivity contribution is 5.81. The lowest BCUT2D eigenvalue weighted by molar-refractivity contribution is -0.141. The summed E-state index contributed by atoms with van der Waals surface area (Å²) in [5.41, 5.74) is -0.945. The number of hydrogen-bond donors (Lipinski definition) is 2. The fourth-order valence-corrected chi connectivity index (χ4v) is 3.56. The second-order valence-corrected chi connectivity index (χ2v) is 7.20. The summed E-state index contributed by atoms with van der Waals surface area (Å²) in [5, 5.41) is 6.46. The molecule has 0 aliphatic carbocycles. The maximum Gasteiger partial charge on any atom is 0.432 e. The van der Waals surface area contributed by atoms with Crippen LogP contribution in [0.25, 0.3) is 0 Å². The molecule has 2 aromatic heterocycles. The van der Waals surface area contributed by atoms with Crippen molar-refractivity contribution in [3.63, 3.8) is 0 Å². The van der Waals surface area contributed by atoms with Crippen LogP contribution in [0.2, 0.25) is 0 Å². The number of nitrogens with one attached hydrogen (secondary N) is 2. The zero-order valence-electron chi connectivity index (χ0n) is 15.4. The van der Waals surface area contributed by atoms with Crippen molar-refractivity contribution in [2.45, 2.75) is 37.4 Å². The van der Waals surface area contributed by atoms with Gasteiger partial charge in [-0.05, 0) is 0 Å². The van der Waals surface area contributed by atoms with Gasteiger partial charge >= 0.3 is 6.18 Å². The highest BCUT2D eigenvalue weighted by atomic mass is 19.4. The predicted octanol–water partition coefficient (Wildman–Crippen LogP) is 1.09. The van der Waals surface area contributed by atoms with E-state index in [2.05, 4.69) is 20.4 Å². The number of aromatic nitrogens is 3. The molecule has 2 saturated heterocycles. The summed E-state index contributed by atoms with van der Waals surface area (Å²) in [6, 6.07) is 1.65. The third-order valence-electron chi connectivity index (χ3n) is 4.97. The van der Waals surface area contributed by atoms with Gasteiger partial charge in [-0.2, -0.15) is 13.2 Å². The zero-order valence-corrected chi connectivity index (χ0v) is 15.4. The van der Waals surface area contributed by atoms with E-state index in [1.54, 1.807) is 6.07 Å². The zero-order chi connectivity index (χ0) is 20.5. The molecule has 0 aromatic carbocycles. The van der Waals surface area contributed by atoms with Crippen LogP contribution in [0.4, 0.5) is 13.2 Å².